The van der Waals surface area contributed by atoms with Gasteiger partial charge in [-0.1, -0.05) is 15.9 Å². The van der Waals surface area contributed by atoms with Crippen molar-refractivity contribution in [1.82, 2.24) is 10.6 Å². The van der Waals surface area contributed by atoms with Crippen molar-refractivity contribution in [3.63, 3.8) is 0 Å². The van der Waals surface area contributed by atoms with Crippen molar-refractivity contribution in [3.05, 3.63) is 0 Å². The second kappa shape index (κ2) is 2.97. The summed E-state index contributed by atoms with van der Waals surface area (Å²) in [5.74, 6) is -0.392. The van der Waals surface area contributed by atoms with E-state index in [0.29, 0.717) is 6.54 Å². The average molecular weight is 247 g/mol. The van der Waals surface area contributed by atoms with Crippen LogP contribution in [0.3, 0.4) is 0 Å². The summed E-state index contributed by atoms with van der Waals surface area (Å²) in [4.78, 5) is 22.9. The summed E-state index contributed by atoms with van der Waals surface area (Å²) in [6.07, 6.45) is 0. The van der Waals surface area contributed by atoms with Crippen molar-refractivity contribution in [3.8, 4) is 0 Å². The highest BCUT2D eigenvalue weighted by Gasteiger charge is 2.48. The second-order valence-corrected chi connectivity index (χ2v) is 4.68. The maximum Gasteiger partial charge on any atom is 0.225 e. The first-order valence-electron chi connectivity index (χ1n) is 4.33. The normalized spacial score (nSPS) is 43.8. The number of hydrogen-bond donors (Lipinski definition) is 2. The van der Waals surface area contributed by atoms with Gasteiger partial charge in [0.1, 0.15) is 0 Å². The van der Waals surface area contributed by atoms with Crippen LogP contribution < -0.4 is 10.6 Å². The summed E-state index contributed by atoms with van der Waals surface area (Å²) in [6, 6.07) is 0.0256. The SMILES string of the molecule is CC1NC(=O)C2CNC(=O)C2C1Br. The Morgan fingerprint density at radius 2 is 2.08 bits per heavy atom. The molecule has 13 heavy (non-hydrogen) atoms. The largest absolute Gasteiger partial charge is 0.355 e. The van der Waals surface area contributed by atoms with Crippen molar-refractivity contribution in [2.24, 2.45) is 11.8 Å². The summed E-state index contributed by atoms with van der Waals surface area (Å²) in [5, 5.41) is 5.56. The van der Waals surface area contributed by atoms with E-state index in [9.17, 15) is 9.59 Å². The van der Waals surface area contributed by atoms with E-state index in [0.717, 1.165) is 0 Å². The lowest BCUT2D eigenvalue weighted by atomic mass is 9.85. The predicted molar refractivity (Wildman–Crippen MR) is 50.3 cm³/mol. The molecular weight excluding hydrogens is 236 g/mol. The second-order valence-electron chi connectivity index (χ2n) is 3.62. The van der Waals surface area contributed by atoms with Gasteiger partial charge < -0.3 is 10.6 Å². The number of nitrogens with one attached hydrogen (secondary N) is 2. The summed E-state index contributed by atoms with van der Waals surface area (Å²) >= 11 is 3.45. The van der Waals surface area contributed by atoms with E-state index in [1.165, 1.54) is 0 Å². The first-order valence-corrected chi connectivity index (χ1v) is 5.25. The number of fused-ring (bicyclic) bond motifs is 1. The number of halogens is 1. The van der Waals surface area contributed by atoms with Gasteiger partial charge in [-0.05, 0) is 6.92 Å². The quantitative estimate of drug-likeness (QED) is 0.574. The number of carbonyl (C=O) groups is 2. The van der Waals surface area contributed by atoms with E-state index in [-0.39, 0.29) is 34.5 Å². The summed E-state index contributed by atoms with van der Waals surface area (Å²) < 4.78 is 0. The van der Waals surface area contributed by atoms with Crippen molar-refractivity contribution in [2.75, 3.05) is 6.54 Å². The van der Waals surface area contributed by atoms with Crippen LogP contribution >= 0.6 is 15.9 Å². The van der Waals surface area contributed by atoms with Gasteiger partial charge in [0.25, 0.3) is 0 Å². The highest BCUT2D eigenvalue weighted by atomic mass is 79.9. The Morgan fingerprint density at radius 1 is 1.38 bits per heavy atom. The molecule has 5 heteroatoms. The molecule has 2 rings (SSSR count). The van der Waals surface area contributed by atoms with Gasteiger partial charge in [0.15, 0.2) is 0 Å². The van der Waals surface area contributed by atoms with Crippen LogP contribution in [0, 0.1) is 11.8 Å². The molecule has 72 valence electrons. The third-order valence-electron chi connectivity index (χ3n) is 2.76. The number of amides is 2. The summed E-state index contributed by atoms with van der Waals surface area (Å²) in [7, 11) is 0. The van der Waals surface area contributed by atoms with Gasteiger partial charge in [0, 0.05) is 17.4 Å². The summed E-state index contributed by atoms with van der Waals surface area (Å²) in [6.45, 7) is 2.38. The Bertz CT molecular complexity index is 269. The topological polar surface area (TPSA) is 58.2 Å². The van der Waals surface area contributed by atoms with Crippen LogP contribution in [0.15, 0.2) is 0 Å². The Balaban J connectivity index is 2.27. The molecule has 4 unspecified atom stereocenters. The number of carbonyl (C=O) groups excluding carboxylic acids is 2. The zero-order valence-corrected chi connectivity index (χ0v) is 8.80. The van der Waals surface area contributed by atoms with Crippen LogP contribution in [0.1, 0.15) is 6.92 Å². The number of rotatable bonds is 0. The standard InChI is InChI=1S/C8H11BrN2O2/c1-3-6(9)5-4(7(12)11-3)2-10-8(5)13/h3-6H,2H2,1H3,(H,10,13)(H,11,12). The van der Waals surface area contributed by atoms with Crippen molar-refractivity contribution >= 4 is 27.7 Å². The Morgan fingerprint density at radius 3 is 2.77 bits per heavy atom. The molecule has 2 N–H and O–H groups in total. The van der Waals surface area contributed by atoms with E-state index < -0.39 is 0 Å². The first kappa shape index (κ1) is 8.99. The fourth-order valence-corrected chi connectivity index (χ4v) is 2.72. The average Bonchev–Trinajstić information content (AvgIpc) is 2.44. The van der Waals surface area contributed by atoms with E-state index in [1.54, 1.807) is 0 Å². The van der Waals surface area contributed by atoms with E-state index in [4.69, 9.17) is 0 Å². The molecule has 0 radical (unpaired) electrons. The molecule has 4 nitrogen and oxygen atoms in total. The molecule has 2 amide bonds. The zero-order valence-electron chi connectivity index (χ0n) is 7.21. The fourth-order valence-electron chi connectivity index (χ4n) is 1.98. The lowest BCUT2D eigenvalue weighted by Gasteiger charge is -2.33. The predicted octanol–water partition coefficient (Wildman–Crippen LogP) is -0.370. The maximum atomic E-state index is 11.5. The fraction of sp³-hybridized carbons (Fsp3) is 0.750. The molecule has 2 aliphatic rings. The maximum absolute atomic E-state index is 11.5. The molecular formula is C8H11BrN2O2. The zero-order chi connectivity index (χ0) is 9.59. The molecule has 0 aromatic heterocycles. The molecule has 2 saturated heterocycles. The molecule has 2 heterocycles. The number of hydrogen-bond acceptors (Lipinski definition) is 2. The lowest BCUT2D eigenvalue weighted by molar-refractivity contribution is -0.133. The Kier molecular flexibility index (Phi) is 2.06. The molecule has 0 aromatic rings. The van der Waals surface area contributed by atoms with Gasteiger partial charge in [-0.2, -0.15) is 0 Å². The molecule has 0 aliphatic carbocycles. The van der Waals surface area contributed by atoms with E-state index in [2.05, 4.69) is 26.6 Å². The molecule has 2 fully saturated rings. The smallest absolute Gasteiger partial charge is 0.225 e. The minimum Gasteiger partial charge on any atom is -0.355 e. The highest BCUT2D eigenvalue weighted by Crippen LogP contribution is 2.32. The van der Waals surface area contributed by atoms with Gasteiger partial charge >= 0.3 is 0 Å². The van der Waals surface area contributed by atoms with Crippen LogP contribution in [0.5, 0.6) is 0 Å². The van der Waals surface area contributed by atoms with Crippen molar-refractivity contribution < 1.29 is 9.59 Å². The molecule has 0 spiro atoms. The van der Waals surface area contributed by atoms with Gasteiger partial charge in [-0.25, -0.2) is 0 Å². The molecule has 0 aromatic carbocycles. The van der Waals surface area contributed by atoms with Crippen molar-refractivity contribution in [2.45, 2.75) is 17.8 Å². The van der Waals surface area contributed by atoms with Crippen LogP contribution in [0.25, 0.3) is 0 Å². The van der Waals surface area contributed by atoms with Gasteiger partial charge in [0.2, 0.25) is 11.8 Å². The van der Waals surface area contributed by atoms with Crippen molar-refractivity contribution in [1.29, 1.82) is 0 Å². The highest BCUT2D eigenvalue weighted by molar-refractivity contribution is 9.09. The van der Waals surface area contributed by atoms with Crippen LogP contribution in [-0.4, -0.2) is 29.2 Å². The monoisotopic (exact) mass is 246 g/mol. The molecule has 4 atom stereocenters. The molecule has 0 saturated carbocycles. The minimum atomic E-state index is -0.191. The van der Waals surface area contributed by atoms with Crippen LogP contribution in [0.2, 0.25) is 0 Å². The minimum absolute atomic E-state index is 0.00595. The molecule has 0 bridgehead atoms. The van der Waals surface area contributed by atoms with E-state index >= 15 is 0 Å². The lowest BCUT2D eigenvalue weighted by Crippen LogP contribution is -2.54. The third kappa shape index (κ3) is 1.25. The Labute approximate surface area is 84.6 Å². The van der Waals surface area contributed by atoms with Crippen LogP contribution in [0.4, 0.5) is 0 Å². The molecule has 2 aliphatic heterocycles. The third-order valence-corrected chi connectivity index (χ3v) is 4.12. The van der Waals surface area contributed by atoms with Gasteiger partial charge in [-0.15, -0.1) is 0 Å². The number of alkyl halides is 1. The summed E-state index contributed by atoms with van der Waals surface area (Å²) in [5.41, 5.74) is 0. The van der Waals surface area contributed by atoms with E-state index in [1.807, 2.05) is 6.92 Å². The van der Waals surface area contributed by atoms with Gasteiger partial charge in [-0.3, -0.25) is 9.59 Å². The number of piperidine rings is 1. The van der Waals surface area contributed by atoms with Gasteiger partial charge in [0.05, 0.1) is 11.8 Å². The van der Waals surface area contributed by atoms with Crippen LogP contribution in [-0.2, 0) is 9.59 Å². The first-order chi connectivity index (χ1) is 6.11. The Hall–Kier alpha value is -0.580.